The standard InChI is InChI=1S/C23H36O3/c1-3-4-5-6-7-8-9-10-11-12-13-14-23(25)26-22-17-15-21(16-18-22)19-20(2)24/h15-18H,3-14,19H2,1-2H3. The summed E-state index contributed by atoms with van der Waals surface area (Å²) in [4.78, 5) is 22.9. The van der Waals surface area contributed by atoms with Gasteiger partial charge in [-0.15, -0.1) is 0 Å². The molecule has 0 aliphatic heterocycles. The smallest absolute Gasteiger partial charge is 0.311 e. The monoisotopic (exact) mass is 360 g/mol. The summed E-state index contributed by atoms with van der Waals surface area (Å²) in [7, 11) is 0. The van der Waals surface area contributed by atoms with Crippen molar-refractivity contribution in [1.82, 2.24) is 0 Å². The Kier molecular flexibility index (Phi) is 12.5. The van der Waals surface area contributed by atoms with Crippen molar-refractivity contribution in [1.29, 1.82) is 0 Å². The van der Waals surface area contributed by atoms with Gasteiger partial charge in [0, 0.05) is 12.8 Å². The van der Waals surface area contributed by atoms with Crippen LogP contribution in [0.25, 0.3) is 0 Å². The van der Waals surface area contributed by atoms with Crippen molar-refractivity contribution in [3.63, 3.8) is 0 Å². The predicted octanol–water partition coefficient (Wildman–Crippen LogP) is 6.42. The molecule has 0 saturated carbocycles. The van der Waals surface area contributed by atoms with E-state index in [0.717, 1.165) is 18.4 Å². The zero-order valence-corrected chi connectivity index (χ0v) is 16.7. The first kappa shape index (κ1) is 22.4. The number of unbranched alkanes of at least 4 members (excludes halogenated alkanes) is 10. The maximum atomic E-state index is 11.9. The van der Waals surface area contributed by atoms with E-state index in [9.17, 15) is 9.59 Å². The molecule has 0 saturated heterocycles. The third-order valence-electron chi connectivity index (χ3n) is 4.59. The first-order valence-corrected chi connectivity index (χ1v) is 10.4. The predicted molar refractivity (Wildman–Crippen MR) is 108 cm³/mol. The van der Waals surface area contributed by atoms with Crippen molar-refractivity contribution in [2.75, 3.05) is 0 Å². The Morgan fingerprint density at radius 1 is 0.769 bits per heavy atom. The van der Waals surface area contributed by atoms with Gasteiger partial charge in [0.2, 0.25) is 0 Å². The van der Waals surface area contributed by atoms with Crippen LogP contribution in [0.2, 0.25) is 0 Å². The molecule has 0 aromatic heterocycles. The molecule has 0 aliphatic rings. The molecule has 0 unspecified atom stereocenters. The van der Waals surface area contributed by atoms with E-state index in [1.54, 1.807) is 19.1 Å². The van der Waals surface area contributed by atoms with Gasteiger partial charge in [0.15, 0.2) is 0 Å². The van der Waals surface area contributed by atoms with Crippen LogP contribution in [0, 0.1) is 0 Å². The molecule has 0 N–H and O–H groups in total. The minimum absolute atomic E-state index is 0.131. The lowest BCUT2D eigenvalue weighted by molar-refractivity contribution is -0.134. The van der Waals surface area contributed by atoms with Crippen LogP contribution in [0.4, 0.5) is 0 Å². The second-order valence-electron chi connectivity index (χ2n) is 7.28. The molecule has 26 heavy (non-hydrogen) atoms. The van der Waals surface area contributed by atoms with E-state index in [4.69, 9.17) is 4.74 Å². The highest BCUT2D eigenvalue weighted by molar-refractivity contribution is 5.78. The molecular formula is C23H36O3. The van der Waals surface area contributed by atoms with Gasteiger partial charge < -0.3 is 4.74 Å². The van der Waals surface area contributed by atoms with Crippen LogP contribution in [0.5, 0.6) is 5.75 Å². The average molecular weight is 361 g/mol. The number of carbonyl (C=O) groups excluding carboxylic acids is 2. The van der Waals surface area contributed by atoms with Crippen LogP contribution in [0.1, 0.15) is 96.5 Å². The van der Waals surface area contributed by atoms with Gasteiger partial charge in [-0.05, 0) is 31.0 Å². The SMILES string of the molecule is CCCCCCCCCCCCCC(=O)Oc1ccc(CC(C)=O)cc1. The largest absolute Gasteiger partial charge is 0.427 e. The minimum Gasteiger partial charge on any atom is -0.427 e. The van der Waals surface area contributed by atoms with Gasteiger partial charge in [-0.2, -0.15) is 0 Å². The van der Waals surface area contributed by atoms with Gasteiger partial charge in [-0.25, -0.2) is 0 Å². The quantitative estimate of drug-likeness (QED) is 0.206. The van der Waals surface area contributed by atoms with Crippen molar-refractivity contribution in [3.05, 3.63) is 29.8 Å². The highest BCUT2D eigenvalue weighted by atomic mass is 16.5. The maximum Gasteiger partial charge on any atom is 0.311 e. The molecule has 0 heterocycles. The fourth-order valence-corrected chi connectivity index (χ4v) is 3.08. The van der Waals surface area contributed by atoms with E-state index < -0.39 is 0 Å². The molecule has 0 bridgehead atoms. The zero-order valence-electron chi connectivity index (χ0n) is 16.7. The van der Waals surface area contributed by atoms with Crippen LogP contribution >= 0.6 is 0 Å². The lowest BCUT2D eigenvalue weighted by Gasteiger charge is -2.06. The molecular weight excluding hydrogens is 324 g/mol. The number of ether oxygens (including phenoxy) is 1. The lowest BCUT2D eigenvalue weighted by Crippen LogP contribution is -2.07. The van der Waals surface area contributed by atoms with Gasteiger partial charge in [-0.3, -0.25) is 9.59 Å². The van der Waals surface area contributed by atoms with E-state index >= 15 is 0 Å². The van der Waals surface area contributed by atoms with Crippen molar-refractivity contribution >= 4 is 11.8 Å². The molecule has 146 valence electrons. The van der Waals surface area contributed by atoms with Crippen molar-refractivity contribution < 1.29 is 14.3 Å². The Hall–Kier alpha value is -1.64. The summed E-state index contributed by atoms with van der Waals surface area (Å²) in [5.74, 6) is 0.525. The fourth-order valence-electron chi connectivity index (χ4n) is 3.08. The first-order chi connectivity index (χ1) is 12.6. The number of benzene rings is 1. The summed E-state index contributed by atoms with van der Waals surface area (Å²) in [6, 6.07) is 7.20. The van der Waals surface area contributed by atoms with Crippen LogP contribution in [0.15, 0.2) is 24.3 Å². The van der Waals surface area contributed by atoms with E-state index in [1.165, 1.54) is 57.8 Å². The number of hydrogen-bond donors (Lipinski definition) is 0. The minimum atomic E-state index is -0.166. The highest BCUT2D eigenvalue weighted by Gasteiger charge is 2.05. The number of carbonyl (C=O) groups is 2. The molecule has 3 nitrogen and oxygen atoms in total. The lowest BCUT2D eigenvalue weighted by atomic mass is 10.1. The van der Waals surface area contributed by atoms with E-state index in [1.807, 2.05) is 12.1 Å². The van der Waals surface area contributed by atoms with E-state index in [-0.39, 0.29) is 11.8 Å². The van der Waals surface area contributed by atoms with Gasteiger partial charge in [0.25, 0.3) is 0 Å². The molecule has 1 aromatic carbocycles. The van der Waals surface area contributed by atoms with Crippen LogP contribution < -0.4 is 4.74 Å². The average Bonchev–Trinajstić information content (AvgIpc) is 2.61. The van der Waals surface area contributed by atoms with Crippen molar-refractivity contribution in [3.8, 4) is 5.75 Å². The number of rotatable bonds is 15. The molecule has 0 spiro atoms. The van der Waals surface area contributed by atoms with Crippen LogP contribution in [0.3, 0.4) is 0 Å². The van der Waals surface area contributed by atoms with Crippen molar-refractivity contribution in [2.45, 2.75) is 97.3 Å². The Morgan fingerprint density at radius 2 is 1.27 bits per heavy atom. The molecule has 3 heteroatoms. The third-order valence-corrected chi connectivity index (χ3v) is 4.59. The fraction of sp³-hybridized carbons (Fsp3) is 0.652. The second-order valence-corrected chi connectivity index (χ2v) is 7.28. The van der Waals surface area contributed by atoms with Crippen molar-refractivity contribution in [2.24, 2.45) is 0 Å². The number of ketones is 1. The topological polar surface area (TPSA) is 43.4 Å². The van der Waals surface area contributed by atoms with Gasteiger partial charge in [0.1, 0.15) is 11.5 Å². The normalized spacial score (nSPS) is 10.7. The molecule has 0 radical (unpaired) electrons. The summed E-state index contributed by atoms with van der Waals surface area (Å²) < 4.78 is 5.34. The maximum absolute atomic E-state index is 11.9. The highest BCUT2D eigenvalue weighted by Crippen LogP contribution is 2.15. The van der Waals surface area contributed by atoms with Gasteiger partial charge >= 0.3 is 5.97 Å². The van der Waals surface area contributed by atoms with Gasteiger partial charge in [0.05, 0.1) is 0 Å². The summed E-state index contributed by atoms with van der Waals surface area (Å²) in [6.07, 6.45) is 14.9. The Balaban J connectivity index is 2.00. The Labute approximate surface area is 159 Å². The molecule has 1 aromatic rings. The van der Waals surface area contributed by atoms with Crippen LogP contribution in [-0.4, -0.2) is 11.8 Å². The summed E-state index contributed by atoms with van der Waals surface area (Å²) >= 11 is 0. The summed E-state index contributed by atoms with van der Waals surface area (Å²) in [6.45, 7) is 3.82. The Morgan fingerprint density at radius 3 is 1.77 bits per heavy atom. The number of Topliss-reactive ketones (excluding diaryl/α,β-unsaturated/α-hetero) is 1. The Bertz CT molecular complexity index is 505. The van der Waals surface area contributed by atoms with E-state index in [2.05, 4.69) is 6.92 Å². The summed E-state index contributed by atoms with van der Waals surface area (Å²) in [5, 5.41) is 0. The second kappa shape index (κ2) is 14.5. The van der Waals surface area contributed by atoms with E-state index in [0.29, 0.717) is 18.6 Å². The first-order valence-electron chi connectivity index (χ1n) is 10.4. The molecule has 0 fully saturated rings. The number of hydrogen-bond acceptors (Lipinski definition) is 3. The third kappa shape index (κ3) is 11.8. The molecule has 0 atom stereocenters. The van der Waals surface area contributed by atoms with Gasteiger partial charge in [-0.1, -0.05) is 83.3 Å². The van der Waals surface area contributed by atoms with Crippen LogP contribution in [-0.2, 0) is 16.0 Å². The number of esters is 1. The summed E-state index contributed by atoms with van der Waals surface area (Å²) in [5.41, 5.74) is 0.947. The zero-order chi connectivity index (χ0) is 19.0. The molecule has 0 amide bonds. The molecule has 1 rings (SSSR count). The molecule has 0 aliphatic carbocycles.